The number of aliphatic hydroxyl groups excluding tert-OH is 1. The van der Waals surface area contributed by atoms with Crippen molar-refractivity contribution in [3.8, 4) is 0 Å². The van der Waals surface area contributed by atoms with Gasteiger partial charge in [0.15, 0.2) is 0 Å². The number of rotatable bonds is 2. The molecule has 1 heterocycles. The maximum Gasteiger partial charge on any atom is 0.377 e. The van der Waals surface area contributed by atoms with Gasteiger partial charge in [0, 0.05) is 15.9 Å². The zero-order valence-corrected chi connectivity index (χ0v) is 11.0. The number of benzene rings is 1. The molecule has 1 aliphatic rings. The molecule has 0 atom stereocenters. The molecule has 0 unspecified atom stereocenters. The second-order valence-electron chi connectivity index (χ2n) is 4.63. The van der Waals surface area contributed by atoms with Crippen molar-refractivity contribution < 1.29 is 19.8 Å². The summed E-state index contributed by atoms with van der Waals surface area (Å²) in [5, 5.41) is 20.4. The van der Waals surface area contributed by atoms with Crippen molar-refractivity contribution >= 4 is 40.0 Å². The molecule has 0 fully saturated rings. The van der Waals surface area contributed by atoms with Gasteiger partial charge in [0.25, 0.3) is 5.78 Å². The number of carbonyl (C=O) groups is 2. The number of hydrogen-bond acceptors (Lipinski definition) is 3. The lowest BCUT2D eigenvalue weighted by Crippen LogP contribution is -2.19. The third-order valence-electron chi connectivity index (χ3n) is 3.48. The number of halogens is 1. The van der Waals surface area contributed by atoms with Crippen LogP contribution in [0.25, 0.3) is 16.7 Å². The van der Waals surface area contributed by atoms with E-state index >= 15 is 0 Å². The first-order chi connectivity index (χ1) is 9.49. The quantitative estimate of drug-likeness (QED) is 0.742. The third-order valence-corrected chi connectivity index (χ3v) is 3.72. The molecule has 1 aliphatic carbocycles. The number of H-pyrrole nitrogens is 1. The molecule has 0 saturated carbocycles. The lowest BCUT2D eigenvalue weighted by Gasteiger charge is -2.14. The van der Waals surface area contributed by atoms with Gasteiger partial charge < -0.3 is 15.2 Å². The summed E-state index contributed by atoms with van der Waals surface area (Å²) in [6.45, 7) is 0. The molecule has 3 rings (SSSR count). The van der Waals surface area contributed by atoms with Crippen LogP contribution in [0, 0.1) is 0 Å². The molecule has 0 aliphatic heterocycles. The molecule has 6 heteroatoms. The van der Waals surface area contributed by atoms with Crippen molar-refractivity contribution in [2.45, 2.75) is 12.8 Å². The standard InChI is InChI=1S/C14H10ClNO4/c15-6-1-4-10-9(5-6)7-2-3-8(13(18)14(19)20)12(17)11(7)16-10/h1,4-5,16-17H,2-3H2,(H,19,20). The maximum atomic E-state index is 11.5. The monoisotopic (exact) mass is 291 g/mol. The summed E-state index contributed by atoms with van der Waals surface area (Å²) in [6, 6.07) is 5.28. The van der Waals surface area contributed by atoms with Gasteiger partial charge in [-0.2, -0.15) is 0 Å². The van der Waals surface area contributed by atoms with Crippen LogP contribution in [-0.2, 0) is 16.0 Å². The Balaban J connectivity index is 2.22. The largest absolute Gasteiger partial charge is 0.505 e. The molecule has 2 aromatic rings. The van der Waals surface area contributed by atoms with Gasteiger partial charge in [0.1, 0.15) is 5.76 Å². The summed E-state index contributed by atoms with van der Waals surface area (Å²) in [6.07, 6.45) is 0.678. The van der Waals surface area contributed by atoms with Crippen molar-refractivity contribution in [1.82, 2.24) is 4.98 Å². The van der Waals surface area contributed by atoms with Crippen molar-refractivity contribution in [3.05, 3.63) is 40.1 Å². The van der Waals surface area contributed by atoms with Crippen molar-refractivity contribution in [2.24, 2.45) is 0 Å². The highest BCUT2D eigenvalue weighted by atomic mass is 35.5. The van der Waals surface area contributed by atoms with Gasteiger partial charge in [-0.1, -0.05) is 11.6 Å². The van der Waals surface area contributed by atoms with Crippen molar-refractivity contribution in [1.29, 1.82) is 0 Å². The Morgan fingerprint density at radius 1 is 1.25 bits per heavy atom. The molecule has 1 aromatic heterocycles. The predicted octanol–water partition coefficient (Wildman–Crippen LogP) is 2.69. The van der Waals surface area contributed by atoms with E-state index in [0.717, 1.165) is 16.5 Å². The second kappa shape index (κ2) is 4.38. The Hall–Kier alpha value is -2.27. The van der Waals surface area contributed by atoms with Crippen LogP contribution in [-0.4, -0.2) is 26.9 Å². The van der Waals surface area contributed by atoms with Gasteiger partial charge in [0.2, 0.25) is 0 Å². The summed E-state index contributed by atoms with van der Waals surface area (Å²) in [5.74, 6) is -2.91. The number of nitrogens with one attached hydrogen (secondary N) is 1. The van der Waals surface area contributed by atoms with E-state index in [1.54, 1.807) is 18.2 Å². The molecular weight excluding hydrogens is 282 g/mol. The van der Waals surface area contributed by atoms with E-state index in [-0.39, 0.29) is 17.8 Å². The first kappa shape index (κ1) is 12.7. The number of aliphatic hydroxyl groups is 1. The molecule has 0 spiro atoms. The number of carbonyl (C=O) groups excluding carboxylic acids is 1. The minimum absolute atomic E-state index is 0.0670. The number of carboxylic acid groups (broad SMARTS) is 1. The number of carboxylic acids is 1. The minimum Gasteiger partial charge on any atom is -0.505 e. The fourth-order valence-electron chi connectivity index (χ4n) is 2.55. The highest BCUT2D eigenvalue weighted by molar-refractivity contribution is 6.41. The van der Waals surface area contributed by atoms with Gasteiger partial charge in [0.05, 0.1) is 11.3 Å². The lowest BCUT2D eigenvalue weighted by atomic mass is 9.91. The van der Waals surface area contributed by atoms with Gasteiger partial charge in [-0.05, 0) is 36.6 Å². The summed E-state index contributed by atoms with van der Waals surface area (Å²) < 4.78 is 0. The highest BCUT2D eigenvalue weighted by Gasteiger charge is 2.29. The SMILES string of the molecule is O=C(O)C(=O)C1=C(O)c2[nH]c3ccc(Cl)cc3c2CC1. The lowest BCUT2D eigenvalue weighted by molar-refractivity contribution is -0.147. The van der Waals surface area contributed by atoms with Gasteiger partial charge in [-0.3, -0.25) is 4.79 Å². The molecule has 0 radical (unpaired) electrons. The zero-order valence-electron chi connectivity index (χ0n) is 10.2. The number of aromatic amines is 1. The number of Topliss-reactive ketones (excluding diaryl/α,β-unsaturated/α-hetero) is 1. The number of ketones is 1. The Bertz CT molecular complexity index is 788. The molecule has 0 amide bonds. The first-order valence-electron chi connectivity index (χ1n) is 5.99. The van der Waals surface area contributed by atoms with Gasteiger partial charge in [-0.25, -0.2) is 4.79 Å². The normalized spacial score (nSPS) is 14.4. The average Bonchev–Trinajstić information content (AvgIpc) is 2.77. The van der Waals surface area contributed by atoms with Gasteiger partial charge >= 0.3 is 5.97 Å². The summed E-state index contributed by atoms with van der Waals surface area (Å²) >= 11 is 5.95. The molecule has 0 bridgehead atoms. The second-order valence-corrected chi connectivity index (χ2v) is 5.07. The summed E-state index contributed by atoms with van der Waals surface area (Å²) in [5.41, 5.74) is 1.97. The molecule has 102 valence electrons. The molecule has 0 saturated heterocycles. The van der Waals surface area contributed by atoms with Crippen LogP contribution < -0.4 is 0 Å². The van der Waals surface area contributed by atoms with E-state index in [1.165, 1.54) is 0 Å². The Morgan fingerprint density at radius 2 is 2.00 bits per heavy atom. The van der Waals surface area contributed by atoms with Crippen LogP contribution in [0.4, 0.5) is 0 Å². The average molecular weight is 292 g/mol. The third kappa shape index (κ3) is 1.78. The number of hydrogen-bond donors (Lipinski definition) is 3. The molecule has 5 nitrogen and oxygen atoms in total. The minimum atomic E-state index is -1.56. The van der Waals surface area contributed by atoms with Crippen LogP contribution in [0.1, 0.15) is 17.7 Å². The van der Waals surface area contributed by atoms with Crippen LogP contribution >= 0.6 is 11.6 Å². The van der Waals surface area contributed by atoms with E-state index in [0.29, 0.717) is 17.1 Å². The molecule has 1 aromatic carbocycles. The van der Waals surface area contributed by atoms with E-state index in [9.17, 15) is 14.7 Å². The Morgan fingerprint density at radius 3 is 2.70 bits per heavy atom. The predicted molar refractivity (Wildman–Crippen MR) is 73.8 cm³/mol. The zero-order chi connectivity index (χ0) is 14.4. The molecule has 3 N–H and O–H groups in total. The van der Waals surface area contributed by atoms with Crippen LogP contribution in [0.3, 0.4) is 0 Å². The highest BCUT2D eigenvalue weighted by Crippen LogP contribution is 2.35. The van der Waals surface area contributed by atoms with Crippen molar-refractivity contribution in [2.75, 3.05) is 0 Å². The number of aryl methyl sites for hydroxylation is 1. The van der Waals surface area contributed by atoms with E-state index < -0.39 is 11.8 Å². The Labute approximate surface area is 118 Å². The van der Waals surface area contributed by atoms with E-state index in [1.807, 2.05) is 0 Å². The Kier molecular flexibility index (Phi) is 2.79. The molecule has 20 heavy (non-hydrogen) atoms. The summed E-state index contributed by atoms with van der Waals surface area (Å²) in [7, 11) is 0. The number of aliphatic carboxylic acids is 1. The topological polar surface area (TPSA) is 90.4 Å². The maximum absolute atomic E-state index is 11.5. The smallest absolute Gasteiger partial charge is 0.377 e. The first-order valence-corrected chi connectivity index (χ1v) is 6.37. The van der Waals surface area contributed by atoms with E-state index in [4.69, 9.17) is 16.7 Å². The fourth-order valence-corrected chi connectivity index (χ4v) is 2.72. The molecular formula is C14H10ClNO4. The number of fused-ring (bicyclic) bond motifs is 3. The fraction of sp³-hybridized carbons (Fsp3) is 0.143. The van der Waals surface area contributed by atoms with Crippen LogP contribution in [0.15, 0.2) is 23.8 Å². The van der Waals surface area contributed by atoms with Crippen molar-refractivity contribution in [3.63, 3.8) is 0 Å². The van der Waals surface area contributed by atoms with Crippen LogP contribution in [0.5, 0.6) is 0 Å². The van der Waals surface area contributed by atoms with Crippen LogP contribution in [0.2, 0.25) is 5.02 Å². The van der Waals surface area contributed by atoms with E-state index in [2.05, 4.69) is 4.98 Å². The van der Waals surface area contributed by atoms with Gasteiger partial charge in [-0.15, -0.1) is 0 Å². The number of aromatic nitrogens is 1. The summed E-state index contributed by atoms with van der Waals surface area (Å²) in [4.78, 5) is 25.3.